The summed E-state index contributed by atoms with van der Waals surface area (Å²) >= 11 is 3.53. The van der Waals surface area contributed by atoms with E-state index in [4.69, 9.17) is 10.5 Å². The van der Waals surface area contributed by atoms with Gasteiger partial charge in [0.15, 0.2) is 0 Å². The molecule has 0 amide bonds. The van der Waals surface area contributed by atoms with E-state index in [2.05, 4.69) is 42.8 Å². The van der Waals surface area contributed by atoms with Crippen LogP contribution in [0, 0.1) is 0 Å². The highest BCUT2D eigenvalue weighted by atomic mass is 79.9. The van der Waals surface area contributed by atoms with Gasteiger partial charge in [0.25, 0.3) is 0 Å². The number of methoxy groups -OCH3 is 1. The van der Waals surface area contributed by atoms with E-state index in [9.17, 15) is 0 Å². The summed E-state index contributed by atoms with van der Waals surface area (Å²) in [5.41, 5.74) is 8.23. The molecule has 0 aliphatic carbocycles. The Balaban J connectivity index is 3.49. The number of rotatable bonds is 2. The highest BCUT2D eigenvalue weighted by Crippen LogP contribution is 2.38. The fourth-order valence-corrected chi connectivity index (χ4v) is 2.21. The van der Waals surface area contributed by atoms with Gasteiger partial charge < -0.3 is 10.5 Å². The Morgan fingerprint density at radius 2 is 1.88 bits per heavy atom. The van der Waals surface area contributed by atoms with Gasteiger partial charge in [-0.1, -0.05) is 36.7 Å². The van der Waals surface area contributed by atoms with Gasteiger partial charge in [-0.3, -0.25) is 0 Å². The molecule has 0 aliphatic rings. The minimum atomic E-state index is -0.0338. The van der Waals surface area contributed by atoms with E-state index in [1.807, 2.05) is 13.0 Å². The summed E-state index contributed by atoms with van der Waals surface area (Å²) in [5.74, 6) is 0.908. The van der Waals surface area contributed by atoms with E-state index in [-0.39, 0.29) is 11.5 Å². The Labute approximate surface area is 106 Å². The number of ether oxygens (including phenoxy) is 1. The summed E-state index contributed by atoms with van der Waals surface area (Å²) in [7, 11) is 1.70. The molecule has 16 heavy (non-hydrogen) atoms. The van der Waals surface area contributed by atoms with Gasteiger partial charge in [-0.15, -0.1) is 0 Å². The van der Waals surface area contributed by atoms with Gasteiger partial charge in [0.1, 0.15) is 5.75 Å². The van der Waals surface area contributed by atoms with Gasteiger partial charge in [-0.05, 0) is 24.5 Å². The molecular weight excluding hydrogens is 266 g/mol. The molecule has 2 N–H and O–H groups in total. The van der Waals surface area contributed by atoms with Crippen LogP contribution in [0.3, 0.4) is 0 Å². The molecule has 90 valence electrons. The molecule has 0 radical (unpaired) electrons. The second kappa shape index (κ2) is 4.76. The number of benzene rings is 1. The summed E-state index contributed by atoms with van der Waals surface area (Å²) in [4.78, 5) is 0. The predicted molar refractivity (Wildman–Crippen MR) is 72.0 cm³/mol. The smallest absolute Gasteiger partial charge is 0.127 e. The van der Waals surface area contributed by atoms with Crippen LogP contribution < -0.4 is 10.5 Å². The predicted octanol–water partition coefficient (Wildman–Crippen LogP) is 3.77. The van der Waals surface area contributed by atoms with Gasteiger partial charge in [-0.2, -0.15) is 0 Å². The standard InChI is InChI=1S/C13H20BrNO/c1-8(15)10-6-9(14)7-11(12(10)16-5)13(2,3)4/h6-8H,15H2,1-5H3. The summed E-state index contributed by atoms with van der Waals surface area (Å²) in [5, 5.41) is 0. The molecule has 2 nitrogen and oxygen atoms in total. The summed E-state index contributed by atoms with van der Waals surface area (Å²) < 4.78 is 6.57. The van der Waals surface area contributed by atoms with E-state index < -0.39 is 0 Å². The Morgan fingerprint density at radius 1 is 1.31 bits per heavy atom. The number of nitrogens with two attached hydrogens (primary N) is 1. The highest BCUT2D eigenvalue weighted by Gasteiger charge is 2.23. The van der Waals surface area contributed by atoms with Crippen molar-refractivity contribution in [2.45, 2.75) is 39.2 Å². The second-order valence-corrected chi connectivity index (χ2v) is 6.03. The molecule has 0 saturated carbocycles. The first-order valence-corrected chi connectivity index (χ1v) is 6.20. The second-order valence-electron chi connectivity index (χ2n) is 5.11. The van der Waals surface area contributed by atoms with Crippen molar-refractivity contribution in [3.63, 3.8) is 0 Å². The first-order valence-electron chi connectivity index (χ1n) is 5.41. The molecule has 0 bridgehead atoms. The van der Waals surface area contributed by atoms with E-state index in [0.717, 1.165) is 15.8 Å². The molecule has 0 aromatic heterocycles. The Bertz CT molecular complexity index is 380. The molecule has 3 heteroatoms. The lowest BCUT2D eigenvalue weighted by Gasteiger charge is -2.25. The monoisotopic (exact) mass is 285 g/mol. The third-order valence-electron chi connectivity index (χ3n) is 2.59. The molecule has 0 fully saturated rings. The minimum Gasteiger partial charge on any atom is -0.496 e. The van der Waals surface area contributed by atoms with Gasteiger partial charge in [-0.25, -0.2) is 0 Å². The van der Waals surface area contributed by atoms with E-state index in [0.29, 0.717) is 0 Å². The largest absolute Gasteiger partial charge is 0.496 e. The van der Waals surface area contributed by atoms with E-state index >= 15 is 0 Å². The average molecular weight is 286 g/mol. The zero-order valence-corrected chi connectivity index (χ0v) is 12.2. The molecule has 0 aliphatic heterocycles. The third-order valence-corrected chi connectivity index (χ3v) is 3.04. The average Bonchev–Trinajstić information content (AvgIpc) is 2.14. The fourth-order valence-electron chi connectivity index (χ4n) is 1.74. The van der Waals surface area contributed by atoms with Crippen molar-refractivity contribution < 1.29 is 4.74 Å². The zero-order chi connectivity index (χ0) is 12.5. The van der Waals surface area contributed by atoms with Gasteiger partial charge in [0.05, 0.1) is 7.11 Å². The lowest BCUT2D eigenvalue weighted by molar-refractivity contribution is 0.390. The molecular formula is C13H20BrNO. The molecule has 0 saturated heterocycles. The number of hydrogen-bond acceptors (Lipinski definition) is 2. The maximum atomic E-state index is 5.97. The lowest BCUT2D eigenvalue weighted by atomic mass is 9.84. The molecule has 1 atom stereocenters. The maximum Gasteiger partial charge on any atom is 0.127 e. The van der Waals surface area contributed by atoms with Crippen molar-refractivity contribution in [1.29, 1.82) is 0 Å². The maximum absolute atomic E-state index is 5.97. The van der Waals surface area contributed by atoms with E-state index in [1.54, 1.807) is 7.11 Å². The quantitative estimate of drug-likeness (QED) is 0.898. The summed E-state index contributed by atoms with van der Waals surface area (Å²) in [6, 6.07) is 4.09. The Morgan fingerprint density at radius 3 is 2.25 bits per heavy atom. The summed E-state index contributed by atoms with van der Waals surface area (Å²) in [6.45, 7) is 8.48. The number of hydrogen-bond donors (Lipinski definition) is 1. The number of halogens is 1. The first kappa shape index (κ1) is 13.5. The van der Waals surface area contributed by atoms with Crippen molar-refractivity contribution >= 4 is 15.9 Å². The molecule has 1 aromatic rings. The molecule has 1 unspecified atom stereocenters. The van der Waals surface area contributed by atoms with E-state index in [1.165, 1.54) is 5.56 Å². The third kappa shape index (κ3) is 2.77. The molecule has 1 aromatic carbocycles. The first-order chi connectivity index (χ1) is 7.27. The van der Waals surface area contributed by atoms with Crippen LogP contribution in [-0.4, -0.2) is 7.11 Å². The zero-order valence-electron chi connectivity index (χ0n) is 10.6. The van der Waals surface area contributed by atoms with Crippen molar-refractivity contribution in [2.75, 3.05) is 7.11 Å². The van der Waals surface area contributed by atoms with Crippen LogP contribution in [0.2, 0.25) is 0 Å². The lowest BCUT2D eigenvalue weighted by Crippen LogP contribution is -2.16. The molecule has 0 spiro atoms. The SMILES string of the molecule is COc1c(C(C)N)cc(Br)cc1C(C)(C)C. The topological polar surface area (TPSA) is 35.2 Å². The van der Waals surface area contributed by atoms with Crippen molar-refractivity contribution in [3.8, 4) is 5.75 Å². The Kier molecular flexibility index (Phi) is 4.02. The van der Waals surface area contributed by atoms with Crippen LogP contribution >= 0.6 is 15.9 Å². The minimum absolute atomic E-state index is 0.0338. The van der Waals surface area contributed by atoms with Gasteiger partial charge >= 0.3 is 0 Å². The Hall–Kier alpha value is -0.540. The van der Waals surface area contributed by atoms with Crippen molar-refractivity contribution in [3.05, 3.63) is 27.7 Å². The van der Waals surface area contributed by atoms with Gasteiger partial charge in [0.2, 0.25) is 0 Å². The van der Waals surface area contributed by atoms with Crippen LogP contribution in [0.5, 0.6) is 5.75 Å². The normalized spacial score (nSPS) is 13.7. The molecule has 1 rings (SSSR count). The summed E-state index contributed by atoms with van der Waals surface area (Å²) in [6.07, 6.45) is 0. The highest BCUT2D eigenvalue weighted by molar-refractivity contribution is 9.10. The van der Waals surface area contributed by atoms with Crippen LogP contribution in [0.1, 0.15) is 44.9 Å². The fraction of sp³-hybridized carbons (Fsp3) is 0.538. The van der Waals surface area contributed by atoms with Crippen molar-refractivity contribution in [2.24, 2.45) is 5.73 Å². The molecule has 0 heterocycles. The van der Waals surface area contributed by atoms with Crippen molar-refractivity contribution in [1.82, 2.24) is 0 Å². The van der Waals surface area contributed by atoms with Gasteiger partial charge in [0, 0.05) is 21.6 Å². The van der Waals surface area contributed by atoms with Crippen LogP contribution in [-0.2, 0) is 5.41 Å². The van der Waals surface area contributed by atoms with Crippen LogP contribution in [0.25, 0.3) is 0 Å². The van der Waals surface area contributed by atoms with Crippen LogP contribution in [0.15, 0.2) is 16.6 Å². The van der Waals surface area contributed by atoms with Crippen LogP contribution in [0.4, 0.5) is 0 Å².